The number of aliphatic hydroxyl groups is 1. The van der Waals surface area contributed by atoms with E-state index in [9.17, 15) is 9.90 Å². The van der Waals surface area contributed by atoms with E-state index in [0.717, 1.165) is 11.3 Å². The molecular formula is C21H26N2O3. The molecule has 0 aliphatic carbocycles. The highest BCUT2D eigenvalue weighted by Crippen LogP contribution is 2.32. The molecule has 138 valence electrons. The first-order chi connectivity index (χ1) is 12.3. The average Bonchev–Trinajstić information content (AvgIpc) is 2.60. The van der Waals surface area contributed by atoms with Crippen molar-refractivity contribution in [2.24, 2.45) is 0 Å². The van der Waals surface area contributed by atoms with Gasteiger partial charge in [-0.05, 0) is 41.7 Å². The van der Waals surface area contributed by atoms with E-state index < -0.39 is 0 Å². The molecule has 0 bridgehead atoms. The number of anilines is 2. The van der Waals surface area contributed by atoms with Crippen LogP contribution in [0, 0.1) is 6.92 Å². The molecule has 0 unspecified atom stereocenters. The zero-order chi connectivity index (χ0) is 18.9. The first-order valence-electron chi connectivity index (χ1n) is 8.84. The first kappa shape index (κ1) is 18.3. The van der Waals surface area contributed by atoms with Gasteiger partial charge in [-0.3, -0.25) is 4.79 Å². The highest BCUT2D eigenvalue weighted by molar-refractivity contribution is 6.05. The fourth-order valence-corrected chi connectivity index (χ4v) is 2.97. The Hall–Kier alpha value is -2.53. The summed E-state index contributed by atoms with van der Waals surface area (Å²) in [4.78, 5) is 12.7. The maximum absolute atomic E-state index is 12.7. The van der Waals surface area contributed by atoms with Crippen molar-refractivity contribution in [1.82, 2.24) is 0 Å². The number of fused-ring (bicyclic) bond motifs is 1. The molecule has 0 saturated carbocycles. The number of aryl methyl sites for hydroxylation is 1. The molecule has 1 amide bonds. The molecule has 2 aromatic rings. The molecule has 0 fully saturated rings. The van der Waals surface area contributed by atoms with Gasteiger partial charge in [0.25, 0.3) is 5.91 Å². The second-order valence-corrected chi connectivity index (χ2v) is 7.78. The van der Waals surface area contributed by atoms with Gasteiger partial charge in [0.05, 0.1) is 18.3 Å². The topological polar surface area (TPSA) is 70.6 Å². The zero-order valence-corrected chi connectivity index (χ0v) is 15.7. The fraction of sp³-hybridized carbons (Fsp3) is 0.381. The minimum atomic E-state index is -0.139. The van der Waals surface area contributed by atoms with E-state index in [2.05, 4.69) is 37.5 Å². The largest absolute Gasteiger partial charge is 0.489 e. The normalized spacial score (nSPS) is 16.3. The van der Waals surface area contributed by atoms with Gasteiger partial charge in [-0.1, -0.05) is 32.9 Å². The third-order valence-corrected chi connectivity index (χ3v) is 4.60. The lowest BCUT2D eigenvalue weighted by atomic mass is 9.85. The molecule has 26 heavy (non-hydrogen) atoms. The summed E-state index contributed by atoms with van der Waals surface area (Å²) in [5.41, 5.74) is 4.37. The van der Waals surface area contributed by atoms with Crippen LogP contribution in [0.2, 0.25) is 0 Å². The SMILES string of the molecule is Cc1cc(C(C)(C)C)ccc1C(=O)Nc1ccc2c(c1)OC[C@H](CO)N2. The Balaban J connectivity index is 1.77. The summed E-state index contributed by atoms with van der Waals surface area (Å²) in [5, 5.41) is 15.3. The monoisotopic (exact) mass is 354 g/mol. The average molecular weight is 354 g/mol. The summed E-state index contributed by atoms with van der Waals surface area (Å²) in [6, 6.07) is 11.3. The standard InChI is InChI=1S/C21H26N2O3/c1-13-9-14(21(2,3)4)5-7-17(13)20(25)23-15-6-8-18-19(10-15)26-12-16(11-24)22-18/h5-10,16,22,24H,11-12H2,1-4H3,(H,23,25)/t16-/m0/s1. The third-order valence-electron chi connectivity index (χ3n) is 4.60. The molecule has 0 aromatic heterocycles. The Bertz CT molecular complexity index is 824. The van der Waals surface area contributed by atoms with Crippen molar-refractivity contribution in [3.8, 4) is 5.75 Å². The molecule has 1 heterocycles. The maximum atomic E-state index is 12.7. The quantitative estimate of drug-likeness (QED) is 0.786. The van der Waals surface area contributed by atoms with Crippen molar-refractivity contribution < 1.29 is 14.6 Å². The molecule has 3 rings (SSSR count). The van der Waals surface area contributed by atoms with Crippen LogP contribution in [0.1, 0.15) is 42.3 Å². The smallest absolute Gasteiger partial charge is 0.255 e. The van der Waals surface area contributed by atoms with Gasteiger partial charge in [-0.15, -0.1) is 0 Å². The number of aliphatic hydroxyl groups excluding tert-OH is 1. The lowest BCUT2D eigenvalue weighted by Crippen LogP contribution is -2.34. The number of carbonyl (C=O) groups excluding carboxylic acids is 1. The van der Waals surface area contributed by atoms with Crippen LogP contribution in [0.5, 0.6) is 5.75 Å². The van der Waals surface area contributed by atoms with Crippen LogP contribution in [0.3, 0.4) is 0 Å². The number of carbonyl (C=O) groups is 1. The summed E-state index contributed by atoms with van der Waals surface area (Å²) >= 11 is 0. The van der Waals surface area contributed by atoms with Crippen LogP contribution in [0.25, 0.3) is 0 Å². The minimum absolute atomic E-state index is 0.0156. The molecule has 2 aromatic carbocycles. The van der Waals surface area contributed by atoms with Crippen molar-refractivity contribution in [3.05, 3.63) is 53.1 Å². The fourth-order valence-electron chi connectivity index (χ4n) is 2.97. The number of amides is 1. The molecule has 5 nitrogen and oxygen atoms in total. The number of hydrogen-bond acceptors (Lipinski definition) is 4. The second kappa shape index (κ2) is 7.00. The molecule has 5 heteroatoms. The van der Waals surface area contributed by atoms with E-state index in [4.69, 9.17) is 4.74 Å². The van der Waals surface area contributed by atoms with Crippen LogP contribution in [0.15, 0.2) is 36.4 Å². The molecule has 1 aliphatic rings. The van der Waals surface area contributed by atoms with E-state index >= 15 is 0 Å². The predicted molar refractivity (Wildman–Crippen MR) is 104 cm³/mol. The molecule has 3 N–H and O–H groups in total. The summed E-state index contributed by atoms with van der Waals surface area (Å²) in [6.07, 6.45) is 0. The van der Waals surface area contributed by atoms with Crippen LogP contribution in [0.4, 0.5) is 11.4 Å². The van der Waals surface area contributed by atoms with E-state index in [1.807, 2.05) is 31.2 Å². The Morgan fingerprint density at radius 1 is 1.27 bits per heavy atom. The molecule has 0 saturated heterocycles. The van der Waals surface area contributed by atoms with Crippen molar-refractivity contribution in [2.75, 3.05) is 23.8 Å². The number of hydrogen-bond donors (Lipinski definition) is 3. The number of nitrogens with one attached hydrogen (secondary N) is 2. The van der Waals surface area contributed by atoms with Gasteiger partial charge in [-0.25, -0.2) is 0 Å². The number of rotatable bonds is 3. The summed E-state index contributed by atoms with van der Waals surface area (Å²) in [7, 11) is 0. The molecule has 1 aliphatic heterocycles. The Morgan fingerprint density at radius 3 is 2.69 bits per heavy atom. The van der Waals surface area contributed by atoms with Crippen molar-refractivity contribution >= 4 is 17.3 Å². The maximum Gasteiger partial charge on any atom is 0.255 e. The first-order valence-corrected chi connectivity index (χ1v) is 8.84. The van der Waals surface area contributed by atoms with Gasteiger partial charge in [0.15, 0.2) is 0 Å². The van der Waals surface area contributed by atoms with Gasteiger partial charge in [0.1, 0.15) is 12.4 Å². The van der Waals surface area contributed by atoms with Gasteiger partial charge < -0.3 is 20.5 Å². The zero-order valence-electron chi connectivity index (χ0n) is 15.7. The van der Waals surface area contributed by atoms with Crippen LogP contribution in [-0.2, 0) is 5.41 Å². The van der Waals surface area contributed by atoms with E-state index in [0.29, 0.717) is 23.6 Å². The highest BCUT2D eigenvalue weighted by Gasteiger charge is 2.20. The molecule has 0 radical (unpaired) electrons. The van der Waals surface area contributed by atoms with Crippen molar-refractivity contribution in [1.29, 1.82) is 0 Å². The molecule has 1 atom stereocenters. The van der Waals surface area contributed by atoms with Crippen molar-refractivity contribution in [2.45, 2.75) is 39.2 Å². The van der Waals surface area contributed by atoms with Crippen molar-refractivity contribution in [3.63, 3.8) is 0 Å². The third kappa shape index (κ3) is 3.83. The summed E-state index contributed by atoms with van der Waals surface area (Å²) in [6.45, 7) is 8.84. The van der Waals surface area contributed by atoms with Gasteiger partial charge >= 0.3 is 0 Å². The van der Waals surface area contributed by atoms with Crippen LogP contribution >= 0.6 is 0 Å². The van der Waals surface area contributed by atoms with Crippen LogP contribution < -0.4 is 15.4 Å². The Kier molecular flexibility index (Phi) is 4.92. The number of benzene rings is 2. The number of ether oxygens (including phenoxy) is 1. The Labute approximate surface area is 154 Å². The van der Waals surface area contributed by atoms with E-state index in [-0.39, 0.29) is 24.0 Å². The minimum Gasteiger partial charge on any atom is -0.489 e. The van der Waals surface area contributed by atoms with Crippen LogP contribution in [-0.4, -0.2) is 30.3 Å². The van der Waals surface area contributed by atoms with E-state index in [1.54, 1.807) is 6.07 Å². The highest BCUT2D eigenvalue weighted by atomic mass is 16.5. The second-order valence-electron chi connectivity index (χ2n) is 7.78. The van der Waals surface area contributed by atoms with Gasteiger partial charge in [0, 0.05) is 17.3 Å². The van der Waals surface area contributed by atoms with Gasteiger partial charge in [-0.2, -0.15) is 0 Å². The lowest BCUT2D eigenvalue weighted by Gasteiger charge is -2.26. The summed E-state index contributed by atoms with van der Waals surface area (Å²) < 4.78 is 5.66. The lowest BCUT2D eigenvalue weighted by molar-refractivity contribution is 0.102. The molecule has 0 spiro atoms. The Morgan fingerprint density at radius 2 is 2.04 bits per heavy atom. The summed E-state index contributed by atoms with van der Waals surface area (Å²) in [5.74, 6) is 0.534. The molecular weight excluding hydrogens is 328 g/mol. The predicted octanol–water partition coefficient (Wildman–Crippen LogP) is 3.71. The van der Waals surface area contributed by atoms with E-state index in [1.165, 1.54) is 5.56 Å². The van der Waals surface area contributed by atoms with Gasteiger partial charge in [0.2, 0.25) is 0 Å².